The highest BCUT2D eigenvalue weighted by Crippen LogP contribution is 2.57. The van der Waals surface area contributed by atoms with Crippen LogP contribution in [0.5, 0.6) is 0 Å². The maximum absolute atomic E-state index is 12.5. The molecule has 2 aromatic carbocycles. The average Bonchev–Trinajstić information content (AvgIpc) is 3.33. The van der Waals surface area contributed by atoms with Crippen molar-refractivity contribution in [3.05, 3.63) is 66.2 Å². The van der Waals surface area contributed by atoms with Gasteiger partial charge in [-0.1, -0.05) is 48.5 Å². The molecule has 0 aromatic heterocycles. The molecule has 118 valence electrons. The highest BCUT2D eigenvalue weighted by molar-refractivity contribution is 6.15. The molecular formula is C18H17NO4. The number of nitrogens with zero attached hydrogens (tertiary/aromatic N) is 1. The van der Waals surface area contributed by atoms with E-state index in [0.717, 1.165) is 11.3 Å². The Bertz CT molecular complexity index is 651. The molecule has 5 heteroatoms. The predicted molar refractivity (Wildman–Crippen MR) is 84.9 cm³/mol. The molecule has 1 aliphatic heterocycles. The van der Waals surface area contributed by atoms with Crippen LogP contribution in [0, 0.1) is 0 Å². The number of hydrogen-bond donors (Lipinski definition) is 0. The summed E-state index contributed by atoms with van der Waals surface area (Å²) >= 11 is 0. The molecule has 0 aliphatic carbocycles. The molecule has 0 saturated carbocycles. The van der Waals surface area contributed by atoms with Gasteiger partial charge in [0, 0.05) is 5.69 Å². The van der Waals surface area contributed by atoms with Gasteiger partial charge in [0.1, 0.15) is 6.04 Å². The van der Waals surface area contributed by atoms with Gasteiger partial charge >= 0.3 is 11.9 Å². The van der Waals surface area contributed by atoms with Crippen LogP contribution < -0.4 is 4.90 Å². The molecule has 0 bridgehead atoms. The Balaban J connectivity index is 2.14. The van der Waals surface area contributed by atoms with Crippen LogP contribution in [-0.2, 0) is 19.1 Å². The minimum atomic E-state index is -1.48. The van der Waals surface area contributed by atoms with Crippen molar-refractivity contribution in [1.29, 1.82) is 0 Å². The molecule has 3 rings (SSSR count). The van der Waals surface area contributed by atoms with Gasteiger partial charge < -0.3 is 14.4 Å². The van der Waals surface area contributed by atoms with Gasteiger partial charge in [-0.3, -0.25) is 0 Å². The highest BCUT2D eigenvalue weighted by atomic mass is 16.6. The SMILES string of the molecule is COC(=O)C1(C(=O)OC)C(c2ccccc2)N1c1ccccc1. The highest BCUT2D eigenvalue weighted by Gasteiger charge is 2.76. The maximum Gasteiger partial charge on any atom is 0.346 e. The second-order valence-electron chi connectivity index (χ2n) is 5.27. The van der Waals surface area contributed by atoms with E-state index in [4.69, 9.17) is 9.47 Å². The fourth-order valence-electron chi connectivity index (χ4n) is 3.07. The zero-order valence-corrected chi connectivity index (χ0v) is 12.9. The Labute approximate surface area is 134 Å². The van der Waals surface area contributed by atoms with Crippen molar-refractivity contribution in [2.45, 2.75) is 11.6 Å². The number of esters is 2. The lowest BCUT2D eigenvalue weighted by Gasteiger charge is -2.13. The third-order valence-corrected chi connectivity index (χ3v) is 4.11. The van der Waals surface area contributed by atoms with Gasteiger partial charge in [-0.15, -0.1) is 0 Å². The van der Waals surface area contributed by atoms with Crippen molar-refractivity contribution >= 4 is 17.6 Å². The minimum Gasteiger partial charge on any atom is -0.467 e. The Morgan fingerprint density at radius 1 is 0.870 bits per heavy atom. The summed E-state index contributed by atoms with van der Waals surface area (Å²) in [4.78, 5) is 26.7. The molecule has 1 heterocycles. The van der Waals surface area contributed by atoms with Gasteiger partial charge in [-0.05, 0) is 17.7 Å². The zero-order valence-electron chi connectivity index (χ0n) is 12.9. The maximum atomic E-state index is 12.5. The van der Waals surface area contributed by atoms with E-state index >= 15 is 0 Å². The first-order chi connectivity index (χ1) is 11.2. The van der Waals surface area contributed by atoms with Crippen LogP contribution in [0.4, 0.5) is 5.69 Å². The lowest BCUT2D eigenvalue weighted by atomic mass is 9.99. The first-order valence-corrected chi connectivity index (χ1v) is 7.24. The van der Waals surface area contributed by atoms with E-state index in [1.165, 1.54) is 14.2 Å². The van der Waals surface area contributed by atoms with Crippen LogP contribution in [0.2, 0.25) is 0 Å². The Morgan fingerprint density at radius 3 is 1.83 bits per heavy atom. The quantitative estimate of drug-likeness (QED) is 0.493. The number of benzene rings is 2. The summed E-state index contributed by atoms with van der Waals surface area (Å²) in [6.45, 7) is 0. The van der Waals surface area contributed by atoms with Crippen LogP contribution in [0.25, 0.3) is 0 Å². The predicted octanol–water partition coefficient (Wildman–Crippen LogP) is 2.33. The molecule has 0 N–H and O–H groups in total. The van der Waals surface area contributed by atoms with E-state index in [0.29, 0.717) is 0 Å². The average molecular weight is 311 g/mol. The number of carbonyl (C=O) groups excluding carboxylic acids is 2. The standard InChI is InChI=1S/C18H17NO4/c1-22-16(20)18(17(21)23-2)15(13-9-5-3-6-10-13)19(18)14-11-7-4-8-12-14/h3-12,15H,1-2H3. The fourth-order valence-corrected chi connectivity index (χ4v) is 3.07. The van der Waals surface area contributed by atoms with Gasteiger partial charge in [-0.25, -0.2) is 9.59 Å². The second-order valence-corrected chi connectivity index (χ2v) is 5.27. The third kappa shape index (κ3) is 2.16. The lowest BCUT2D eigenvalue weighted by molar-refractivity contribution is -0.155. The first kappa shape index (κ1) is 15.1. The molecule has 0 radical (unpaired) electrons. The molecule has 2 aromatic rings. The number of methoxy groups -OCH3 is 2. The van der Waals surface area contributed by atoms with Crippen LogP contribution >= 0.6 is 0 Å². The topological polar surface area (TPSA) is 55.6 Å². The van der Waals surface area contributed by atoms with Crippen molar-refractivity contribution in [2.75, 3.05) is 19.1 Å². The summed E-state index contributed by atoms with van der Waals surface area (Å²) in [5.74, 6) is -1.25. The number of hydrogen-bond acceptors (Lipinski definition) is 5. The fraction of sp³-hybridized carbons (Fsp3) is 0.222. The number of rotatable bonds is 4. The summed E-state index contributed by atoms with van der Waals surface area (Å²) in [5.41, 5.74) is 0.135. The Hall–Kier alpha value is -2.82. The van der Waals surface area contributed by atoms with E-state index in [-0.39, 0.29) is 0 Å². The van der Waals surface area contributed by atoms with Crippen LogP contribution in [0.15, 0.2) is 60.7 Å². The molecule has 5 nitrogen and oxygen atoms in total. The van der Waals surface area contributed by atoms with E-state index in [1.54, 1.807) is 4.90 Å². The molecule has 1 saturated heterocycles. The van der Waals surface area contributed by atoms with Crippen molar-refractivity contribution in [1.82, 2.24) is 0 Å². The van der Waals surface area contributed by atoms with Gasteiger partial charge in [-0.2, -0.15) is 0 Å². The summed E-state index contributed by atoms with van der Waals surface area (Å²) in [5, 5.41) is 0. The summed E-state index contributed by atoms with van der Waals surface area (Å²) in [6, 6.07) is 18.2. The van der Waals surface area contributed by atoms with E-state index in [9.17, 15) is 9.59 Å². The Kier molecular flexibility index (Phi) is 3.78. The largest absolute Gasteiger partial charge is 0.467 e. The summed E-state index contributed by atoms with van der Waals surface area (Å²) < 4.78 is 9.85. The second kappa shape index (κ2) is 5.76. The molecule has 23 heavy (non-hydrogen) atoms. The third-order valence-electron chi connectivity index (χ3n) is 4.11. The number of carbonyl (C=O) groups is 2. The lowest BCUT2D eigenvalue weighted by Crippen LogP contribution is -2.40. The first-order valence-electron chi connectivity index (χ1n) is 7.24. The minimum absolute atomic E-state index is 0.453. The van der Waals surface area contributed by atoms with Crippen molar-refractivity contribution in [3.8, 4) is 0 Å². The van der Waals surface area contributed by atoms with Gasteiger partial charge in [0.25, 0.3) is 5.54 Å². The molecule has 0 spiro atoms. The zero-order chi connectivity index (χ0) is 16.4. The number of ether oxygens (including phenoxy) is 2. The summed E-state index contributed by atoms with van der Waals surface area (Å²) in [6.07, 6.45) is 0. The molecule has 1 atom stereocenters. The Morgan fingerprint density at radius 2 is 1.35 bits per heavy atom. The smallest absolute Gasteiger partial charge is 0.346 e. The normalized spacial score (nSPS) is 18.2. The monoisotopic (exact) mass is 311 g/mol. The van der Waals surface area contributed by atoms with Crippen LogP contribution in [0.1, 0.15) is 11.6 Å². The van der Waals surface area contributed by atoms with Gasteiger partial charge in [0.05, 0.1) is 14.2 Å². The van der Waals surface area contributed by atoms with E-state index < -0.39 is 23.5 Å². The van der Waals surface area contributed by atoms with E-state index in [1.807, 2.05) is 60.7 Å². The van der Waals surface area contributed by atoms with Crippen molar-refractivity contribution < 1.29 is 19.1 Å². The molecule has 1 fully saturated rings. The summed E-state index contributed by atoms with van der Waals surface area (Å²) in [7, 11) is 2.55. The van der Waals surface area contributed by atoms with E-state index in [2.05, 4.69) is 0 Å². The van der Waals surface area contributed by atoms with Gasteiger partial charge in [0.2, 0.25) is 0 Å². The molecule has 1 aliphatic rings. The van der Waals surface area contributed by atoms with Crippen LogP contribution in [-0.4, -0.2) is 31.7 Å². The number of para-hydroxylation sites is 1. The molecular weight excluding hydrogens is 294 g/mol. The van der Waals surface area contributed by atoms with Gasteiger partial charge in [0.15, 0.2) is 0 Å². The van der Waals surface area contributed by atoms with Crippen LogP contribution in [0.3, 0.4) is 0 Å². The van der Waals surface area contributed by atoms with Crippen molar-refractivity contribution in [3.63, 3.8) is 0 Å². The molecule has 0 amide bonds. The molecule has 1 unspecified atom stereocenters. The number of anilines is 1. The van der Waals surface area contributed by atoms with Crippen molar-refractivity contribution in [2.24, 2.45) is 0 Å².